The van der Waals surface area contributed by atoms with E-state index in [9.17, 15) is 0 Å². The highest BCUT2D eigenvalue weighted by Gasteiger charge is 2.41. The second-order valence-electron chi connectivity index (χ2n) is 6.69. The number of hydrogen-bond acceptors (Lipinski definition) is 1. The Balaban J connectivity index is 1.78. The molecule has 0 saturated heterocycles. The highest BCUT2D eigenvalue weighted by atomic mass is 14.8. The largest absolute Gasteiger partial charge is 0.294 e. The van der Waals surface area contributed by atoms with Crippen molar-refractivity contribution in [2.75, 3.05) is 0 Å². The fourth-order valence-electron chi connectivity index (χ4n) is 4.42. The summed E-state index contributed by atoms with van der Waals surface area (Å²) in [6, 6.07) is 0.693. The molecule has 1 aliphatic heterocycles. The predicted molar refractivity (Wildman–Crippen MR) is 68.8 cm³/mol. The highest BCUT2D eigenvalue weighted by Crippen LogP contribution is 2.46. The van der Waals surface area contributed by atoms with Crippen LogP contribution in [-0.4, -0.2) is 12.3 Å². The van der Waals surface area contributed by atoms with E-state index in [1.165, 1.54) is 38.5 Å². The molecule has 0 bridgehead atoms. The van der Waals surface area contributed by atoms with Crippen molar-refractivity contribution in [3.05, 3.63) is 0 Å². The minimum atomic E-state index is 0.693. The fourth-order valence-corrected chi connectivity index (χ4v) is 4.42. The molecule has 0 aromatic carbocycles. The number of aliphatic imine (C=N–C) groups is 1. The lowest BCUT2D eigenvalue weighted by Gasteiger charge is -2.46. The maximum absolute atomic E-state index is 4.90. The zero-order chi connectivity index (χ0) is 11.1. The maximum Gasteiger partial charge on any atom is 0.0529 e. The van der Waals surface area contributed by atoms with Crippen LogP contribution >= 0.6 is 0 Å². The smallest absolute Gasteiger partial charge is 0.0529 e. The third kappa shape index (κ3) is 1.83. The molecule has 2 saturated carbocycles. The molecule has 0 aromatic heterocycles. The van der Waals surface area contributed by atoms with Crippen molar-refractivity contribution >= 4 is 6.21 Å². The van der Waals surface area contributed by atoms with Crippen LogP contribution in [-0.2, 0) is 0 Å². The van der Waals surface area contributed by atoms with Gasteiger partial charge in [-0.2, -0.15) is 0 Å². The van der Waals surface area contributed by atoms with Gasteiger partial charge in [-0.15, -0.1) is 0 Å². The molecule has 0 spiro atoms. The van der Waals surface area contributed by atoms with E-state index in [1.54, 1.807) is 0 Å². The summed E-state index contributed by atoms with van der Waals surface area (Å²) in [5.74, 6) is 4.62. The van der Waals surface area contributed by atoms with Gasteiger partial charge in [0.1, 0.15) is 0 Å². The molecule has 1 heterocycles. The number of fused-ring (bicyclic) bond motifs is 3. The van der Waals surface area contributed by atoms with Gasteiger partial charge in [-0.25, -0.2) is 0 Å². The first-order valence-electron chi connectivity index (χ1n) is 7.27. The minimum Gasteiger partial charge on any atom is -0.294 e. The van der Waals surface area contributed by atoms with Crippen molar-refractivity contribution in [3.63, 3.8) is 0 Å². The van der Waals surface area contributed by atoms with Crippen molar-refractivity contribution in [2.45, 2.75) is 58.4 Å². The van der Waals surface area contributed by atoms with Crippen LogP contribution in [0.15, 0.2) is 4.99 Å². The molecule has 2 aliphatic carbocycles. The lowest BCUT2D eigenvalue weighted by atomic mass is 9.62. The van der Waals surface area contributed by atoms with Crippen molar-refractivity contribution < 1.29 is 0 Å². The van der Waals surface area contributed by atoms with Gasteiger partial charge in [-0.05, 0) is 55.3 Å². The molecular formula is C15H25N. The molecule has 1 nitrogen and oxygen atoms in total. The normalized spacial score (nSPS) is 51.9. The molecule has 0 N–H and O–H groups in total. The van der Waals surface area contributed by atoms with E-state index in [0.29, 0.717) is 6.04 Å². The Labute approximate surface area is 99.7 Å². The van der Waals surface area contributed by atoms with Crippen LogP contribution in [0.1, 0.15) is 52.4 Å². The molecule has 90 valence electrons. The summed E-state index contributed by atoms with van der Waals surface area (Å²) in [5, 5.41) is 0. The third-order valence-electron chi connectivity index (χ3n) is 5.37. The van der Waals surface area contributed by atoms with Gasteiger partial charge in [-0.1, -0.05) is 26.7 Å². The zero-order valence-electron chi connectivity index (χ0n) is 10.7. The van der Waals surface area contributed by atoms with Crippen LogP contribution in [0.3, 0.4) is 0 Å². The first-order chi connectivity index (χ1) is 7.74. The van der Waals surface area contributed by atoms with Gasteiger partial charge in [0.15, 0.2) is 0 Å². The lowest BCUT2D eigenvalue weighted by molar-refractivity contribution is 0.0996. The van der Waals surface area contributed by atoms with Gasteiger partial charge in [0.05, 0.1) is 6.04 Å². The predicted octanol–water partition coefficient (Wildman–Crippen LogP) is 3.93. The fraction of sp³-hybridized carbons (Fsp3) is 0.933. The Morgan fingerprint density at radius 2 is 1.56 bits per heavy atom. The first-order valence-corrected chi connectivity index (χ1v) is 7.27. The van der Waals surface area contributed by atoms with E-state index >= 15 is 0 Å². The van der Waals surface area contributed by atoms with Gasteiger partial charge >= 0.3 is 0 Å². The molecule has 3 aliphatic rings. The molecule has 0 amide bonds. The van der Waals surface area contributed by atoms with Crippen molar-refractivity contribution in [1.29, 1.82) is 0 Å². The second kappa shape index (κ2) is 4.16. The van der Waals surface area contributed by atoms with Crippen LogP contribution in [0.2, 0.25) is 0 Å². The molecular weight excluding hydrogens is 194 g/mol. The summed E-state index contributed by atoms with van der Waals surface area (Å²) in [5.41, 5.74) is 0. The average Bonchev–Trinajstić information content (AvgIpc) is 2.28. The van der Waals surface area contributed by atoms with Crippen molar-refractivity contribution in [2.24, 2.45) is 34.6 Å². The maximum atomic E-state index is 4.90. The van der Waals surface area contributed by atoms with Crippen LogP contribution < -0.4 is 0 Å². The van der Waals surface area contributed by atoms with Gasteiger partial charge in [0, 0.05) is 6.21 Å². The molecule has 1 heteroatoms. The van der Waals surface area contributed by atoms with E-state index in [4.69, 9.17) is 4.99 Å². The molecule has 0 radical (unpaired) electrons. The Morgan fingerprint density at radius 1 is 0.875 bits per heavy atom. The number of rotatable bonds is 0. The topological polar surface area (TPSA) is 12.4 Å². The quantitative estimate of drug-likeness (QED) is 0.585. The molecule has 3 rings (SSSR count). The standard InChI is InChI=1S/C15H25N/c1-10-3-5-13-12(7-10)9-16-15-8-11(2)4-6-14(13)15/h9-15H,3-8H2,1-2H3. The van der Waals surface area contributed by atoms with Crippen LogP contribution in [0.25, 0.3) is 0 Å². The summed E-state index contributed by atoms with van der Waals surface area (Å²) in [6.07, 6.45) is 11.0. The highest BCUT2D eigenvalue weighted by molar-refractivity contribution is 5.63. The van der Waals surface area contributed by atoms with E-state index in [-0.39, 0.29) is 0 Å². The molecule has 6 unspecified atom stereocenters. The summed E-state index contributed by atoms with van der Waals surface area (Å²) in [6.45, 7) is 4.82. The monoisotopic (exact) mass is 219 g/mol. The van der Waals surface area contributed by atoms with Gasteiger partial charge < -0.3 is 0 Å². The van der Waals surface area contributed by atoms with Gasteiger partial charge in [0.2, 0.25) is 0 Å². The first kappa shape index (κ1) is 10.8. The van der Waals surface area contributed by atoms with Crippen molar-refractivity contribution in [3.8, 4) is 0 Å². The van der Waals surface area contributed by atoms with Gasteiger partial charge in [0.25, 0.3) is 0 Å². The molecule has 0 aromatic rings. The Kier molecular flexibility index (Phi) is 2.81. The second-order valence-corrected chi connectivity index (χ2v) is 6.69. The Bertz CT molecular complexity index is 255. The summed E-state index contributed by atoms with van der Waals surface area (Å²) >= 11 is 0. The average molecular weight is 219 g/mol. The third-order valence-corrected chi connectivity index (χ3v) is 5.37. The molecule has 6 atom stereocenters. The SMILES string of the molecule is CC1CCC2C(C=NC3CC(C)CCC32)C1. The summed E-state index contributed by atoms with van der Waals surface area (Å²) in [7, 11) is 0. The van der Waals surface area contributed by atoms with E-state index in [0.717, 1.165) is 29.6 Å². The minimum absolute atomic E-state index is 0.693. The van der Waals surface area contributed by atoms with Crippen LogP contribution in [0, 0.1) is 29.6 Å². The van der Waals surface area contributed by atoms with E-state index in [2.05, 4.69) is 20.1 Å². The summed E-state index contributed by atoms with van der Waals surface area (Å²) in [4.78, 5) is 4.90. The van der Waals surface area contributed by atoms with Crippen LogP contribution in [0.5, 0.6) is 0 Å². The van der Waals surface area contributed by atoms with E-state index < -0.39 is 0 Å². The lowest BCUT2D eigenvalue weighted by Crippen LogP contribution is -2.42. The number of nitrogens with zero attached hydrogens (tertiary/aromatic N) is 1. The zero-order valence-corrected chi connectivity index (χ0v) is 10.7. The Morgan fingerprint density at radius 3 is 2.38 bits per heavy atom. The Hall–Kier alpha value is -0.330. The van der Waals surface area contributed by atoms with E-state index in [1.807, 2.05) is 0 Å². The molecule has 16 heavy (non-hydrogen) atoms. The molecule has 2 fully saturated rings. The summed E-state index contributed by atoms with van der Waals surface area (Å²) < 4.78 is 0. The van der Waals surface area contributed by atoms with Crippen molar-refractivity contribution in [1.82, 2.24) is 0 Å². The number of hydrogen-bond donors (Lipinski definition) is 0. The van der Waals surface area contributed by atoms with Crippen LogP contribution in [0.4, 0.5) is 0 Å². The van der Waals surface area contributed by atoms with Gasteiger partial charge in [-0.3, -0.25) is 4.99 Å².